The van der Waals surface area contributed by atoms with Crippen LogP contribution < -0.4 is 0 Å². The van der Waals surface area contributed by atoms with Crippen LogP contribution in [-0.2, 0) is 19.8 Å². The molecule has 0 N–H and O–H groups in total. The van der Waals surface area contributed by atoms with Gasteiger partial charge in [-0.1, -0.05) is 12.1 Å². The zero-order valence-electron chi connectivity index (χ0n) is 10.4. The first-order valence-corrected chi connectivity index (χ1v) is 6.14. The largest absolute Gasteiger partial charge is 2.00 e. The second kappa shape index (κ2) is 6.46. The van der Waals surface area contributed by atoms with Crippen molar-refractivity contribution in [3.05, 3.63) is 84.9 Å². The van der Waals surface area contributed by atoms with E-state index in [1.165, 1.54) is 21.5 Å². The van der Waals surface area contributed by atoms with E-state index in [9.17, 15) is 0 Å². The molecule has 4 aromatic carbocycles. The molecule has 0 heterocycles. The Bertz CT molecular complexity index is 620. The second-order valence-corrected chi connectivity index (χ2v) is 4.31. The summed E-state index contributed by atoms with van der Waals surface area (Å²) >= 11 is 0. The number of hydrogen-bond acceptors (Lipinski definition) is 0. The van der Waals surface area contributed by atoms with Crippen LogP contribution >= 0.6 is 0 Å². The molecule has 0 saturated carbocycles. The Balaban J connectivity index is 0.000000133. The molecule has 0 unspecified atom stereocenters. The molecule has 0 bridgehead atoms. The molecule has 0 aromatic heterocycles. The Labute approximate surface area is 126 Å². The van der Waals surface area contributed by atoms with Gasteiger partial charge in [0.1, 0.15) is 0 Å². The van der Waals surface area contributed by atoms with Gasteiger partial charge in [0.2, 0.25) is 0 Å². The maximum Gasteiger partial charge on any atom is 2.00 e. The molecule has 1 heteroatoms. The summed E-state index contributed by atoms with van der Waals surface area (Å²) in [7, 11) is 0. The van der Waals surface area contributed by atoms with E-state index < -0.39 is 0 Å². The van der Waals surface area contributed by atoms with Crippen LogP contribution in [0.3, 0.4) is 0 Å². The predicted octanol–water partition coefficient (Wildman–Crippen LogP) is 5.11. The van der Waals surface area contributed by atoms with Gasteiger partial charge in [-0.15, -0.1) is 59.3 Å². The molecule has 0 spiro atoms. The van der Waals surface area contributed by atoms with Gasteiger partial charge in [0, 0.05) is 0 Å². The fraction of sp³-hybridized carbons (Fsp3) is 0. The minimum Gasteiger partial charge on any atom is -0.168 e. The van der Waals surface area contributed by atoms with E-state index in [0.717, 1.165) is 0 Å². The monoisotopic (exact) mass is 422 g/mol. The average molecular weight is 421 g/mol. The zero-order chi connectivity index (χ0) is 12.2. The molecule has 0 amide bonds. The molecule has 0 radical (unpaired) electrons. The van der Waals surface area contributed by atoms with Crippen molar-refractivity contribution < 1.29 is 19.8 Å². The van der Waals surface area contributed by atoms with Gasteiger partial charge in [-0.2, -0.15) is 35.0 Å². The summed E-state index contributed by atoms with van der Waals surface area (Å²) in [5, 5.41) is 5.32. The molecule has 0 nitrogen and oxygen atoms in total. The molecule has 0 aliphatic carbocycles. The van der Waals surface area contributed by atoms with Crippen LogP contribution in [0.25, 0.3) is 21.5 Å². The van der Waals surface area contributed by atoms with Gasteiger partial charge in [-0.05, 0) is 0 Å². The van der Waals surface area contributed by atoms with E-state index in [-0.39, 0.29) is 19.8 Å². The van der Waals surface area contributed by atoms with Gasteiger partial charge in [-0.3, -0.25) is 0 Å². The number of rotatable bonds is 0. The molecule has 4 rings (SSSR count). The van der Waals surface area contributed by atoms with Crippen LogP contribution in [0, 0.1) is 0 Å². The summed E-state index contributed by atoms with van der Waals surface area (Å²) in [5.41, 5.74) is 0. The van der Waals surface area contributed by atoms with E-state index in [1.807, 2.05) is 0 Å². The van der Waals surface area contributed by atoms with Crippen molar-refractivity contribution in [2.24, 2.45) is 0 Å². The van der Waals surface area contributed by atoms with Crippen LogP contribution in [0.2, 0.25) is 0 Å². The van der Waals surface area contributed by atoms with Crippen LogP contribution in [0.1, 0.15) is 0 Å². The number of hydrogen-bond donors (Lipinski definition) is 0. The Morgan fingerprint density at radius 1 is 0.526 bits per heavy atom. The Hall–Kier alpha value is -1.70. The standard InChI is InChI=1S/2C9H7.Os/c2*1-2-5-9-7-3-6-8(9)4-1;/h2*1-7H;/q2*-1;+2. The second-order valence-electron chi connectivity index (χ2n) is 4.31. The minimum absolute atomic E-state index is 0. The number of fused-ring (bicyclic) bond motifs is 2. The fourth-order valence-electron chi connectivity index (χ4n) is 2.14. The quantitative estimate of drug-likeness (QED) is 0.347. The summed E-state index contributed by atoms with van der Waals surface area (Å²) < 4.78 is 0. The van der Waals surface area contributed by atoms with Crippen LogP contribution in [-0.4, -0.2) is 0 Å². The van der Waals surface area contributed by atoms with Crippen molar-refractivity contribution in [3.8, 4) is 0 Å². The Morgan fingerprint density at radius 2 is 0.947 bits per heavy atom. The van der Waals surface area contributed by atoms with Crippen molar-refractivity contribution >= 4 is 21.5 Å². The molecule has 0 atom stereocenters. The van der Waals surface area contributed by atoms with E-state index in [0.29, 0.717) is 0 Å². The molecule has 0 fully saturated rings. The average Bonchev–Trinajstić information content (AvgIpc) is 3.08. The number of benzene rings is 2. The normalized spacial score (nSPS) is 9.68. The maximum atomic E-state index is 2.12. The van der Waals surface area contributed by atoms with Crippen LogP contribution in [0.4, 0.5) is 0 Å². The third-order valence-corrected chi connectivity index (χ3v) is 3.10. The van der Waals surface area contributed by atoms with Gasteiger partial charge >= 0.3 is 19.8 Å². The van der Waals surface area contributed by atoms with Crippen LogP contribution in [0.15, 0.2) is 84.9 Å². The van der Waals surface area contributed by atoms with Gasteiger partial charge in [0.05, 0.1) is 0 Å². The Kier molecular flexibility index (Phi) is 4.66. The summed E-state index contributed by atoms with van der Waals surface area (Å²) in [6, 6.07) is 29.3. The van der Waals surface area contributed by atoms with Gasteiger partial charge in [0.25, 0.3) is 0 Å². The van der Waals surface area contributed by atoms with Crippen molar-refractivity contribution in [2.45, 2.75) is 0 Å². The molecule has 94 valence electrons. The summed E-state index contributed by atoms with van der Waals surface area (Å²) in [6.45, 7) is 0. The zero-order valence-corrected chi connectivity index (χ0v) is 13.0. The van der Waals surface area contributed by atoms with Crippen molar-refractivity contribution in [3.63, 3.8) is 0 Å². The molecular weight excluding hydrogens is 406 g/mol. The molecule has 19 heavy (non-hydrogen) atoms. The molecular formula is C18H14Os. The van der Waals surface area contributed by atoms with E-state index in [1.54, 1.807) is 0 Å². The Morgan fingerprint density at radius 3 is 1.37 bits per heavy atom. The van der Waals surface area contributed by atoms with Crippen molar-refractivity contribution in [1.82, 2.24) is 0 Å². The third kappa shape index (κ3) is 3.19. The van der Waals surface area contributed by atoms with Gasteiger partial charge < -0.3 is 0 Å². The summed E-state index contributed by atoms with van der Waals surface area (Å²) in [4.78, 5) is 0. The molecule has 4 aromatic rings. The topological polar surface area (TPSA) is 0 Å². The predicted molar refractivity (Wildman–Crippen MR) is 79.1 cm³/mol. The van der Waals surface area contributed by atoms with Crippen LogP contribution in [0.5, 0.6) is 0 Å². The molecule has 0 aliphatic rings. The first-order valence-electron chi connectivity index (χ1n) is 6.14. The molecule has 0 saturated heterocycles. The SMILES string of the molecule is [Os+2].c1ccc2[cH-]ccc2c1.c1ccc2[cH-]ccc2c1. The van der Waals surface area contributed by atoms with E-state index >= 15 is 0 Å². The van der Waals surface area contributed by atoms with Gasteiger partial charge in [-0.25, -0.2) is 0 Å². The first-order chi connectivity index (χ1) is 8.93. The fourth-order valence-corrected chi connectivity index (χ4v) is 2.14. The van der Waals surface area contributed by atoms with Gasteiger partial charge in [0.15, 0.2) is 0 Å². The maximum absolute atomic E-state index is 2.12. The summed E-state index contributed by atoms with van der Waals surface area (Å²) in [5.74, 6) is 0. The smallest absolute Gasteiger partial charge is 0.168 e. The van der Waals surface area contributed by atoms with E-state index in [4.69, 9.17) is 0 Å². The van der Waals surface area contributed by atoms with Crippen molar-refractivity contribution in [1.29, 1.82) is 0 Å². The molecule has 0 aliphatic heterocycles. The van der Waals surface area contributed by atoms with Crippen molar-refractivity contribution in [2.75, 3.05) is 0 Å². The summed E-state index contributed by atoms with van der Waals surface area (Å²) in [6.07, 6.45) is 0. The minimum atomic E-state index is 0. The third-order valence-electron chi connectivity index (χ3n) is 3.10. The van der Waals surface area contributed by atoms with E-state index in [2.05, 4.69) is 84.9 Å². The first kappa shape index (κ1) is 13.7.